The minimum Gasteiger partial charge on any atom is -0.450 e. The highest BCUT2D eigenvalue weighted by Crippen LogP contribution is 2.27. The molecule has 0 bridgehead atoms. The van der Waals surface area contributed by atoms with Crippen LogP contribution in [0.5, 0.6) is 0 Å². The number of amides is 2. The second-order valence-corrected chi connectivity index (χ2v) is 8.71. The zero-order valence-electron chi connectivity index (χ0n) is 14.1. The van der Waals surface area contributed by atoms with Gasteiger partial charge in [-0.05, 0) is 31.7 Å². The summed E-state index contributed by atoms with van der Waals surface area (Å²) in [4.78, 5) is 24.2. The highest BCUT2D eigenvalue weighted by atomic mass is 32.2. The molecule has 134 valence electrons. The Balaban J connectivity index is 1.62. The number of rotatable bonds is 3. The number of furan rings is 1. The summed E-state index contributed by atoms with van der Waals surface area (Å²) < 4.78 is 28.5. The number of benzene rings is 1. The molecule has 1 aromatic carbocycles. The molecule has 25 heavy (non-hydrogen) atoms. The van der Waals surface area contributed by atoms with Crippen LogP contribution in [-0.2, 0) is 14.6 Å². The van der Waals surface area contributed by atoms with Crippen molar-refractivity contribution in [2.45, 2.75) is 26.7 Å². The van der Waals surface area contributed by atoms with Crippen LogP contribution < -0.4 is 10.9 Å². The molecule has 2 aromatic rings. The van der Waals surface area contributed by atoms with Crippen LogP contribution in [0.1, 0.15) is 34.5 Å². The van der Waals surface area contributed by atoms with Gasteiger partial charge in [0, 0.05) is 17.4 Å². The molecule has 1 aliphatic rings. The van der Waals surface area contributed by atoms with Crippen LogP contribution in [0.25, 0.3) is 11.0 Å². The fraction of sp³-hybridized carbons (Fsp3) is 0.412. The van der Waals surface area contributed by atoms with E-state index in [2.05, 4.69) is 10.9 Å². The van der Waals surface area contributed by atoms with Gasteiger partial charge in [0.05, 0.1) is 11.5 Å². The SMILES string of the molecule is Cc1c(C(=O)NNC(=O)CC2CCS(=O)(=O)C2)oc2c(C)cccc12. The van der Waals surface area contributed by atoms with E-state index in [1.54, 1.807) is 6.92 Å². The maximum atomic E-state index is 12.3. The monoisotopic (exact) mass is 364 g/mol. The Bertz CT molecular complexity index is 945. The van der Waals surface area contributed by atoms with E-state index in [1.807, 2.05) is 25.1 Å². The molecule has 1 unspecified atom stereocenters. The standard InChI is InChI=1S/C17H20N2O5S/c1-10-4-3-5-13-11(2)16(24-15(10)13)17(21)19-18-14(20)8-12-6-7-25(22,23)9-12/h3-5,12H,6-9H2,1-2H3,(H,18,20)(H,19,21). The van der Waals surface area contributed by atoms with Crippen molar-refractivity contribution in [2.75, 3.05) is 11.5 Å². The van der Waals surface area contributed by atoms with Crippen LogP contribution in [-0.4, -0.2) is 31.7 Å². The molecule has 0 saturated carbocycles. The van der Waals surface area contributed by atoms with Crippen LogP contribution in [0.2, 0.25) is 0 Å². The van der Waals surface area contributed by atoms with Gasteiger partial charge in [0.2, 0.25) is 5.91 Å². The highest BCUT2D eigenvalue weighted by Gasteiger charge is 2.29. The summed E-state index contributed by atoms with van der Waals surface area (Å²) >= 11 is 0. The Morgan fingerprint density at radius 3 is 2.64 bits per heavy atom. The zero-order valence-corrected chi connectivity index (χ0v) is 14.9. The van der Waals surface area contributed by atoms with Crippen molar-refractivity contribution in [1.29, 1.82) is 0 Å². The normalized spacial score (nSPS) is 19.0. The molecule has 0 radical (unpaired) electrons. The topological polar surface area (TPSA) is 105 Å². The van der Waals surface area contributed by atoms with Gasteiger partial charge in [-0.3, -0.25) is 20.4 Å². The van der Waals surface area contributed by atoms with E-state index in [1.165, 1.54) is 0 Å². The van der Waals surface area contributed by atoms with E-state index in [4.69, 9.17) is 4.42 Å². The lowest BCUT2D eigenvalue weighted by atomic mass is 10.1. The molecule has 2 heterocycles. The molecule has 3 rings (SSSR count). The first-order valence-electron chi connectivity index (χ1n) is 8.05. The molecule has 1 atom stereocenters. The number of hydrazine groups is 1. The summed E-state index contributed by atoms with van der Waals surface area (Å²) in [6, 6.07) is 5.65. The first kappa shape index (κ1) is 17.5. The molecular weight excluding hydrogens is 344 g/mol. The summed E-state index contributed by atoms with van der Waals surface area (Å²) in [6.45, 7) is 3.68. The van der Waals surface area contributed by atoms with Crippen molar-refractivity contribution in [1.82, 2.24) is 10.9 Å². The Kier molecular flexibility index (Phi) is 4.55. The van der Waals surface area contributed by atoms with Gasteiger partial charge >= 0.3 is 5.91 Å². The number of nitrogens with one attached hydrogen (secondary N) is 2. The van der Waals surface area contributed by atoms with Crippen molar-refractivity contribution >= 4 is 32.6 Å². The van der Waals surface area contributed by atoms with Gasteiger partial charge in [-0.25, -0.2) is 8.42 Å². The first-order chi connectivity index (χ1) is 11.8. The van der Waals surface area contributed by atoms with Crippen LogP contribution in [0.4, 0.5) is 0 Å². The van der Waals surface area contributed by atoms with Crippen molar-refractivity contribution in [2.24, 2.45) is 5.92 Å². The largest absolute Gasteiger partial charge is 0.450 e. The zero-order chi connectivity index (χ0) is 18.2. The van der Waals surface area contributed by atoms with Gasteiger partial charge in [-0.1, -0.05) is 18.2 Å². The summed E-state index contributed by atoms with van der Waals surface area (Å²) in [5.41, 5.74) is 6.93. The second-order valence-electron chi connectivity index (χ2n) is 6.48. The molecule has 1 fully saturated rings. The fourth-order valence-corrected chi connectivity index (χ4v) is 4.99. The van der Waals surface area contributed by atoms with Crippen molar-refractivity contribution in [3.8, 4) is 0 Å². The molecule has 1 aliphatic heterocycles. The molecule has 8 heteroatoms. The lowest BCUT2D eigenvalue weighted by Crippen LogP contribution is -2.42. The quantitative estimate of drug-likeness (QED) is 0.806. The smallest absolute Gasteiger partial charge is 0.305 e. The molecule has 0 aliphatic carbocycles. The third-order valence-electron chi connectivity index (χ3n) is 4.48. The average molecular weight is 364 g/mol. The van der Waals surface area contributed by atoms with Gasteiger partial charge in [0.1, 0.15) is 5.58 Å². The van der Waals surface area contributed by atoms with E-state index in [0.717, 1.165) is 10.9 Å². The predicted molar refractivity (Wildman–Crippen MR) is 92.7 cm³/mol. The van der Waals surface area contributed by atoms with Crippen molar-refractivity contribution in [3.63, 3.8) is 0 Å². The van der Waals surface area contributed by atoms with Gasteiger partial charge < -0.3 is 4.42 Å². The van der Waals surface area contributed by atoms with Gasteiger partial charge in [-0.2, -0.15) is 0 Å². The lowest BCUT2D eigenvalue weighted by molar-refractivity contribution is -0.122. The number of para-hydroxylation sites is 1. The number of sulfone groups is 1. The third-order valence-corrected chi connectivity index (χ3v) is 6.32. The molecule has 1 saturated heterocycles. The number of hydrogen-bond donors (Lipinski definition) is 2. The molecule has 0 spiro atoms. The Morgan fingerprint density at radius 2 is 2.00 bits per heavy atom. The second kappa shape index (κ2) is 6.51. The van der Waals surface area contributed by atoms with E-state index in [-0.39, 0.29) is 29.6 Å². The molecule has 2 amide bonds. The Hall–Kier alpha value is -2.35. The predicted octanol–water partition coefficient (Wildman–Crippen LogP) is 1.64. The summed E-state index contributed by atoms with van der Waals surface area (Å²) in [5, 5.41) is 0.854. The minimum absolute atomic E-state index is 0.0241. The van der Waals surface area contributed by atoms with Gasteiger partial charge in [0.15, 0.2) is 15.6 Å². The third kappa shape index (κ3) is 3.68. The van der Waals surface area contributed by atoms with Crippen molar-refractivity contribution < 1.29 is 22.4 Å². The molecule has 7 nitrogen and oxygen atoms in total. The van der Waals surface area contributed by atoms with E-state index >= 15 is 0 Å². The summed E-state index contributed by atoms with van der Waals surface area (Å²) in [5.74, 6) is -0.864. The summed E-state index contributed by atoms with van der Waals surface area (Å²) in [6.07, 6.45) is 0.545. The molecular formula is C17H20N2O5S. The highest BCUT2D eigenvalue weighted by molar-refractivity contribution is 7.91. The van der Waals surface area contributed by atoms with Crippen LogP contribution in [0.15, 0.2) is 22.6 Å². The number of carbonyl (C=O) groups excluding carboxylic acids is 2. The van der Waals surface area contributed by atoms with Gasteiger partial charge in [0.25, 0.3) is 0 Å². The van der Waals surface area contributed by atoms with E-state index < -0.39 is 21.7 Å². The van der Waals surface area contributed by atoms with Crippen LogP contribution in [0, 0.1) is 19.8 Å². The number of carbonyl (C=O) groups is 2. The number of hydrogen-bond acceptors (Lipinski definition) is 5. The average Bonchev–Trinajstić information content (AvgIpc) is 3.06. The van der Waals surface area contributed by atoms with Crippen molar-refractivity contribution in [3.05, 3.63) is 35.1 Å². The van der Waals surface area contributed by atoms with E-state index in [0.29, 0.717) is 17.6 Å². The van der Waals surface area contributed by atoms with Crippen LogP contribution >= 0.6 is 0 Å². The van der Waals surface area contributed by atoms with Crippen LogP contribution in [0.3, 0.4) is 0 Å². The van der Waals surface area contributed by atoms with E-state index in [9.17, 15) is 18.0 Å². The number of aryl methyl sites for hydroxylation is 2. The molecule has 1 aromatic heterocycles. The Morgan fingerprint density at radius 1 is 1.24 bits per heavy atom. The maximum Gasteiger partial charge on any atom is 0.305 e. The number of fused-ring (bicyclic) bond motifs is 1. The Labute approximate surface area is 145 Å². The lowest BCUT2D eigenvalue weighted by Gasteiger charge is -2.09. The summed E-state index contributed by atoms with van der Waals surface area (Å²) in [7, 11) is -3.02. The maximum absolute atomic E-state index is 12.3. The minimum atomic E-state index is -3.02. The fourth-order valence-electron chi connectivity index (χ4n) is 3.13. The molecule has 2 N–H and O–H groups in total. The van der Waals surface area contributed by atoms with Gasteiger partial charge in [-0.15, -0.1) is 0 Å². The first-order valence-corrected chi connectivity index (χ1v) is 9.87.